The average Bonchev–Trinajstić information content (AvgIpc) is 3.24. The molecule has 3 aromatic carbocycles. The fraction of sp³-hybridized carbons (Fsp3) is 0.409. The Balaban J connectivity index is 1.03. The van der Waals surface area contributed by atoms with Crippen molar-refractivity contribution in [2.24, 2.45) is 0 Å². The molecule has 1 aliphatic carbocycles. The average molecular weight is 745 g/mol. The summed E-state index contributed by atoms with van der Waals surface area (Å²) in [5.74, 6) is -0.243. The molecule has 3 heterocycles. The quantitative estimate of drug-likeness (QED) is 0.155. The summed E-state index contributed by atoms with van der Waals surface area (Å²) < 4.78 is 11.5. The summed E-state index contributed by atoms with van der Waals surface area (Å²) in [6.45, 7) is 6.28. The molecule has 288 valence electrons. The zero-order valence-corrected chi connectivity index (χ0v) is 31.8. The normalized spacial score (nSPS) is 16.6. The van der Waals surface area contributed by atoms with Gasteiger partial charge in [0.25, 0.3) is 17.7 Å². The van der Waals surface area contributed by atoms with E-state index in [-0.39, 0.29) is 17.9 Å². The molecule has 0 radical (unpaired) electrons. The van der Waals surface area contributed by atoms with Crippen LogP contribution in [-0.4, -0.2) is 98.1 Å². The zero-order chi connectivity index (χ0) is 38.0. The first-order chi connectivity index (χ1) is 26.9. The van der Waals surface area contributed by atoms with Crippen LogP contribution in [0.2, 0.25) is 0 Å². The third kappa shape index (κ3) is 10.1. The standard InChI is InChI=1S/C44H52N6O5/c1-48(23-24-49-25-27-54-28-26-49)44(53)34-10-8-9-33(29-34)42(51)47-40-19-18-37(50-21-6-3-7-22-50)30-39(40)43(52)46-36-16-13-32(14-17-36)35-15-20-41(45-31-35)55-38-11-4-2-5-12-38/h8-10,13-20,29-31,38H,2-7,11-12,21-28H2,1H3,(H,46,52)(H,47,51). The number of hydrogen-bond acceptors (Lipinski definition) is 8. The lowest BCUT2D eigenvalue weighted by Crippen LogP contribution is -2.41. The van der Waals surface area contributed by atoms with Crippen LogP contribution in [0, 0.1) is 0 Å². The maximum Gasteiger partial charge on any atom is 0.257 e. The predicted molar refractivity (Wildman–Crippen MR) is 216 cm³/mol. The summed E-state index contributed by atoms with van der Waals surface area (Å²) in [6.07, 6.45) is 11.3. The highest BCUT2D eigenvalue weighted by Crippen LogP contribution is 2.29. The lowest BCUT2D eigenvalue weighted by molar-refractivity contribution is 0.0338. The van der Waals surface area contributed by atoms with Gasteiger partial charge in [-0.3, -0.25) is 19.3 Å². The molecule has 2 saturated heterocycles. The largest absolute Gasteiger partial charge is 0.474 e. The highest BCUT2D eigenvalue weighted by molar-refractivity contribution is 6.13. The van der Waals surface area contributed by atoms with Gasteiger partial charge < -0.3 is 29.9 Å². The second-order valence-electron chi connectivity index (χ2n) is 14.8. The van der Waals surface area contributed by atoms with Crippen LogP contribution in [0.5, 0.6) is 5.88 Å². The third-order valence-electron chi connectivity index (χ3n) is 10.8. The van der Waals surface area contributed by atoms with Crippen molar-refractivity contribution in [1.82, 2.24) is 14.8 Å². The molecule has 55 heavy (non-hydrogen) atoms. The molecule has 3 amide bonds. The summed E-state index contributed by atoms with van der Waals surface area (Å²) in [6, 6.07) is 23.9. The van der Waals surface area contributed by atoms with Gasteiger partial charge in [-0.1, -0.05) is 24.6 Å². The number of likely N-dealkylation sites (N-methyl/N-ethyl adjacent to an activating group) is 1. The Hall–Kier alpha value is -5.26. The van der Waals surface area contributed by atoms with Crippen LogP contribution in [0.15, 0.2) is 85.1 Å². The van der Waals surface area contributed by atoms with Crippen molar-refractivity contribution in [3.63, 3.8) is 0 Å². The van der Waals surface area contributed by atoms with Crippen molar-refractivity contribution in [2.75, 3.05) is 75.1 Å². The maximum atomic E-state index is 14.0. The molecule has 4 aromatic rings. The van der Waals surface area contributed by atoms with E-state index in [1.54, 1.807) is 42.3 Å². The summed E-state index contributed by atoms with van der Waals surface area (Å²) in [7, 11) is 1.78. The molecular formula is C44H52N6O5. The number of hydrogen-bond donors (Lipinski definition) is 2. The number of benzene rings is 3. The maximum absolute atomic E-state index is 14.0. The van der Waals surface area contributed by atoms with Crippen molar-refractivity contribution in [2.45, 2.75) is 57.5 Å². The van der Waals surface area contributed by atoms with Gasteiger partial charge in [0.1, 0.15) is 6.10 Å². The highest BCUT2D eigenvalue weighted by Gasteiger charge is 2.21. The van der Waals surface area contributed by atoms with Gasteiger partial charge >= 0.3 is 0 Å². The van der Waals surface area contributed by atoms with Crippen LogP contribution < -0.4 is 20.3 Å². The Bertz CT molecular complexity index is 1920. The second kappa shape index (κ2) is 18.4. The molecule has 3 aliphatic rings. The van der Waals surface area contributed by atoms with E-state index >= 15 is 0 Å². The van der Waals surface area contributed by atoms with Crippen LogP contribution in [0.25, 0.3) is 11.1 Å². The minimum Gasteiger partial charge on any atom is -0.474 e. The van der Waals surface area contributed by atoms with Gasteiger partial charge in [-0.05, 0) is 105 Å². The Morgan fingerprint density at radius 1 is 0.782 bits per heavy atom. The fourth-order valence-corrected chi connectivity index (χ4v) is 7.52. The van der Waals surface area contributed by atoms with Crippen LogP contribution >= 0.6 is 0 Å². The topological polar surface area (TPSA) is 116 Å². The first-order valence-electron chi connectivity index (χ1n) is 19.8. The van der Waals surface area contributed by atoms with Crippen LogP contribution in [0.4, 0.5) is 17.1 Å². The SMILES string of the molecule is CN(CCN1CCOCC1)C(=O)c1cccc(C(=O)Nc2ccc(N3CCCCC3)cc2C(=O)Nc2ccc(-c3ccc(OC4CCCCC4)nc3)cc2)c1. The number of nitrogens with zero attached hydrogens (tertiary/aromatic N) is 4. The number of amides is 3. The zero-order valence-electron chi connectivity index (χ0n) is 31.8. The van der Waals surface area contributed by atoms with E-state index in [9.17, 15) is 14.4 Å². The number of morpholine rings is 1. The Labute approximate surface area is 324 Å². The number of carbonyl (C=O) groups excluding carboxylic acids is 3. The molecule has 11 heteroatoms. The Morgan fingerprint density at radius 3 is 2.25 bits per heavy atom. The van der Waals surface area contributed by atoms with Crippen LogP contribution in [0.3, 0.4) is 0 Å². The van der Waals surface area contributed by atoms with E-state index < -0.39 is 5.91 Å². The molecule has 0 unspecified atom stereocenters. The predicted octanol–water partition coefficient (Wildman–Crippen LogP) is 7.36. The van der Waals surface area contributed by atoms with E-state index in [2.05, 4.69) is 25.4 Å². The first kappa shape index (κ1) is 38.0. The number of rotatable bonds is 12. The molecule has 0 spiro atoms. The molecule has 1 aromatic heterocycles. The van der Waals surface area contributed by atoms with Gasteiger partial charge in [-0.25, -0.2) is 4.98 Å². The van der Waals surface area contributed by atoms with Crippen molar-refractivity contribution in [3.05, 3.63) is 102 Å². The number of piperidine rings is 1. The molecule has 11 nitrogen and oxygen atoms in total. The summed E-state index contributed by atoms with van der Waals surface area (Å²) in [4.78, 5) is 51.8. The number of carbonyl (C=O) groups is 3. The number of aromatic nitrogens is 1. The van der Waals surface area contributed by atoms with Crippen molar-refractivity contribution >= 4 is 34.8 Å². The third-order valence-corrected chi connectivity index (χ3v) is 10.8. The van der Waals surface area contributed by atoms with Gasteiger partial charge in [0.15, 0.2) is 0 Å². The van der Waals surface area contributed by atoms with E-state index in [0.717, 1.165) is 75.2 Å². The van der Waals surface area contributed by atoms with Crippen LogP contribution in [0.1, 0.15) is 82.4 Å². The van der Waals surface area contributed by atoms with Gasteiger partial charge in [-0.2, -0.15) is 0 Å². The van der Waals surface area contributed by atoms with Crippen molar-refractivity contribution in [3.8, 4) is 17.0 Å². The lowest BCUT2D eigenvalue weighted by Gasteiger charge is -2.29. The molecule has 0 atom stereocenters. The van der Waals surface area contributed by atoms with E-state index in [1.807, 2.05) is 54.7 Å². The van der Waals surface area contributed by atoms with Crippen LogP contribution in [-0.2, 0) is 4.74 Å². The lowest BCUT2D eigenvalue weighted by atomic mass is 9.98. The smallest absolute Gasteiger partial charge is 0.257 e. The van der Waals surface area contributed by atoms with E-state index in [0.29, 0.717) is 53.7 Å². The number of ether oxygens (including phenoxy) is 2. The van der Waals surface area contributed by atoms with Gasteiger partial charge in [0.2, 0.25) is 5.88 Å². The number of pyridine rings is 1. The van der Waals surface area contributed by atoms with Crippen molar-refractivity contribution in [1.29, 1.82) is 0 Å². The first-order valence-corrected chi connectivity index (χ1v) is 19.8. The summed E-state index contributed by atoms with van der Waals surface area (Å²) >= 11 is 0. The van der Waals surface area contributed by atoms with E-state index in [1.165, 1.54) is 25.7 Å². The van der Waals surface area contributed by atoms with Gasteiger partial charge in [-0.15, -0.1) is 0 Å². The Morgan fingerprint density at radius 2 is 1.51 bits per heavy atom. The molecule has 2 aliphatic heterocycles. The minimum atomic E-state index is -0.404. The molecular weight excluding hydrogens is 693 g/mol. The van der Waals surface area contributed by atoms with Gasteiger partial charge in [0, 0.05) is 86.6 Å². The molecule has 1 saturated carbocycles. The van der Waals surface area contributed by atoms with E-state index in [4.69, 9.17) is 9.47 Å². The second-order valence-corrected chi connectivity index (χ2v) is 14.8. The highest BCUT2D eigenvalue weighted by atomic mass is 16.5. The molecule has 3 fully saturated rings. The fourth-order valence-electron chi connectivity index (χ4n) is 7.52. The van der Waals surface area contributed by atoms with Gasteiger partial charge in [0.05, 0.1) is 24.5 Å². The number of nitrogens with one attached hydrogen (secondary N) is 2. The monoisotopic (exact) mass is 744 g/mol. The molecule has 0 bridgehead atoms. The number of anilines is 3. The minimum absolute atomic E-state index is 0.156. The Kier molecular flexibility index (Phi) is 12.7. The summed E-state index contributed by atoms with van der Waals surface area (Å²) in [5, 5.41) is 6.01. The molecule has 7 rings (SSSR count). The van der Waals surface area contributed by atoms with Crippen molar-refractivity contribution < 1.29 is 23.9 Å². The summed E-state index contributed by atoms with van der Waals surface area (Å²) in [5.41, 5.74) is 5.00. The molecule has 2 N–H and O–H groups in total.